The van der Waals surface area contributed by atoms with Crippen molar-refractivity contribution in [3.8, 4) is 5.75 Å². The first-order chi connectivity index (χ1) is 9.11. The molecule has 2 amide bonds. The lowest BCUT2D eigenvalue weighted by atomic mass is 10.2. The predicted molar refractivity (Wildman–Crippen MR) is 75.7 cm³/mol. The smallest absolute Gasteiger partial charge is 0.293 e. The van der Waals surface area contributed by atoms with Gasteiger partial charge in [-0.2, -0.15) is 0 Å². The molecule has 0 atom stereocenters. The van der Waals surface area contributed by atoms with Crippen molar-refractivity contribution in [1.29, 1.82) is 0 Å². The molecule has 1 saturated heterocycles. The molecule has 1 aromatic rings. The first kappa shape index (κ1) is 13.7. The minimum absolute atomic E-state index is 0.138. The number of thioether (sulfide) groups is 1. The van der Waals surface area contributed by atoms with Gasteiger partial charge in [0, 0.05) is 6.54 Å². The van der Waals surface area contributed by atoms with Gasteiger partial charge in [0.1, 0.15) is 5.75 Å². The van der Waals surface area contributed by atoms with Gasteiger partial charge in [0.05, 0.1) is 4.91 Å². The molecule has 0 bridgehead atoms. The van der Waals surface area contributed by atoms with E-state index in [4.69, 9.17) is 0 Å². The number of nitrogens with zero attached hydrogens (tertiary/aromatic N) is 1. The fraction of sp³-hybridized carbons (Fsp3) is 0.286. The summed E-state index contributed by atoms with van der Waals surface area (Å²) in [6.45, 7) is 2.49. The summed E-state index contributed by atoms with van der Waals surface area (Å²) in [4.78, 5) is 25.5. The van der Waals surface area contributed by atoms with E-state index in [0.717, 1.165) is 24.6 Å². The molecule has 1 aromatic carbocycles. The molecule has 1 N–H and O–H groups in total. The SMILES string of the molecule is CCCCN1C(=O)S/C(=C\c2cccc(O)c2)C1=O. The third kappa shape index (κ3) is 3.17. The van der Waals surface area contributed by atoms with Crippen LogP contribution in [-0.4, -0.2) is 27.7 Å². The number of imide groups is 1. The number of benzene rings is 1. The third-order valence-electron chi connectivity index (χ3n) is 2.78. The number of amides is 2. The van der Waals surface area contributed by atoms with E-state index in [0.29, 0.717) is 17.0 Å². The van der Waals surface area contributed by atoms with Gasteiger partial charge in [-0.3, -0.25) is 14.5 Å². The molecule has 1 fully saturated rings. The zero-order chi connectivity index (χ0) is 13.8. The summed E-state index contributed by atoms with van der Waals surface area (Å²) in [5, 5.41) is 9.16. The molecule has 5 heteroatoms. The Labute approximate surface area is 116 Å². The summed E-state index contributed by atoms with van der Waals surface area (Å²) < 4.78 is 0. The van der Waals surface area contributed by atoms with Gasteiger partial charge in [0.15, 0.2) is 0 Å². The molecule has 0 aliphatic carbocycles. The molecule has 4 nitrogen and oxygen atoms in total. The van der Waals surface area contributed by atoms with Crippen LogP contribution in [0.25, 0.3) is 6.08 Å². The maximum atomic E-state index is 12.1. The second kappa shape index (κ2) is 5.93. The van der Waals surface area contributed by atoms with Gasteiger partial charge in [-0.25, -0.2) is 0 Å². The zero-order valence-corrected chi connectivity index (χ0v) is 11.4. The normalized spacial score (nSPS) is 17.5. The Balaban J connectivity index is 2.18. The van der Waals surface area contributed by atoms with E-state index in [1.165, 1.54) is 4.90 Å². The topological polar surface area (TPSA) is 57.6 Å². The standard InChI is InChI=1S/C14H15NO3S/c1-2-3-7-15-13(17)12(19-14(15)18)9-10-5-4-6-11(16)8-10/h4-6,8-9,16H,2-3,7H2,1H3/b12-9-. The van der Waals surface area contributed by atoms with Gasteiger partial charge in [-0.15, -0.1) is 0 Å². The summed E-state index contributed by atoms with van der Waals surface area (Å²) >= 11 is 0.950. The second-order valence-corrected chi connectivity index (χ2v) is 5.28. The van der Waals surface area contributed by atoms with Crippen LogP contribution in [0.1, 0.15) is 25.3 Å². The Bertz CT molecular complexity index is 539. The Kier molecular flexibility index (Phi) is 4.27. The van der Waals surface area contributed by atoms with Crippen LogP contribution in [0.3, 0.4) is 0 Å². The first-order valence-corrected chi connectivity index (χ1v) is 6.98. The molecule has 19 heavy (non-hydrogen) atoms. The molecule has 0 spiro atoms. The highest BCUT2D eigenvalue weighted by atomic mass is 32.2. The van der Waals surface area contributed by atoms with Gasteiger partial charge in [-0.05, 0) is 42.0 Å². The van der Waals surface area contributed by atoms with Crippen LogP contribution in [0.2, 0.25) is 0 Å². The monoisotopic (exact) mass is 277 g/mol. The largest absolute Gasteiger partial charge is 0.508 e. The highest BCUT2D eigenvalue weighted by molar-refractivity contribution is 8.18. The van der Waals surface area contributed by atoms with Crippen molar-refractivity contribution in [3.63, 3.8) is 0 Å². The number of unbranched alkanes of at least 4 members (excludes halogenated alkanes) is 1. The highest BCUT2D eigenvalue weighted by Crippen LogP contribution is 2.32. The lowest BCUT2D eigenvalue weighted by Gasteiger charge is -2.10. The van der Waals surface area contributed by atoms with Crippen molar-refractivity contribution in [2.75, 3.05) is 6.54 Å². The summed E-state index contributed by atoms with van der Waals surface area (Å²) in [5.74, 6) is -0.106. The first-order valence-electron chi connectivity index (χ1n) is 6.16. The second-order valence-electron chi connectivity index (χ2n) is 4.28. The number of hydrogen-bond acceptors (Lipinski definition) is 4. The number of hydrogen-bond donors (Lipinski definition) is 1. The minimum Gasteiger partial charge on any atom is -0.508 e. The number of aromatic hydroxyl groups is 1. The van der Waals surface area contributed by atoms with E-state index in [1.54, 1.807) is 30.3 Å². The molecular formula is C14H15NO3S. The van der Waals surface area contributed by atoms with Gasteiger partial charge in [0.2, 0.25) is 0 Å². The van der Waals surface area contributed by atoms with E-state index in [-0.39, 0.29) is 16.9 Å². The average molecular weight is 277 g/mol. The third-order valence-corrected chi connectivity index (χ3v) is 3.68. The van der Waals surface area contributed by atoms with E-state index in [1.807, 2.05) is 6.92 Å². The average Bonchev–Trinajstić information content (AvgIpc) is 2.62. The zero-order valence-electron chi connectivity index (χ0n) is 10.6. The molecule has 0 aromatic heterocycles. The molecule has 0 unspecified atom stereocenters. The number of carbonyl (C=O) groups is 2. The summed E-state index contributed by atoms with van der Waals surface area (Å²) in [5.41, 5.74) is 0.709. The Morgan fingerprint density at radius 2 is 2.16 bits per heavy atom. The number of phenolic OH excluding ortho intramolecular Hbond substituents is 1. The molecule has 0 saturated carbocycles. The van der Waals surface area contributed by atoms with Gasteiger partial charge in [-0.1, -0.05) is 25.5 Å². The molecule has 1 aliphatic rings. The molecular weight excluding hydrogens is 262 g/mol. The van der Waals surface area contributed by atoms with E-state index in [2.05, 4.69) is 0 Å². The van der Waals surface area contributed by atoms with Crippen LogP contribution < -0.4 is 0 Å². The Morgan fingerprint density at radius 3 is 2.84 bits per heavy atom. The van der Waals surface area contributed by atoms with Crippen LogP contribution in [0.4, 0.5) is 4.79 Å². The van der Waals surface area contributed by atoms with Crippen molar-refractivity contribution in [1.82, 2.24) is 4.90 Å². The maximum absolute atomic E-state index is 12.1. The predicted octanol–water partition coefficient (Wildman–Crippen LogP) is 3.23. The van der Waals surface area contributed by atoms with Crippen LogP contribution in [-0.2, 0) is 4.79 Å². The van der Waals surface area contributed by atoms with E-state index >= 15 is 0 Å². The Morgan fingerprint density at radius 1 is 1.37 bits per heavy atom. The highest BCUT2D eigenvalue weighted by Gasteiger charge is 2.34. The quantitative estimate of drug-likeness (QED) is 0.858. The fourth-order valence-corrected chi connectivity index (χ4v) is 2.64. The molecule has 1 aliphatic heterocycles. The fourth-order valence-electron chi connectivity index (χ4n) is 1.77. The number of carbonyl (C=O) groups excluding carboxylic acids is 2. The lowest BCUT2D eigenvalue weighted by Crippen LogP contribution is -2.29. The van der Waals surface area contributed by atoms with Crippen molar-refractivity contribution in [2.24, 2.45) is 0 Å². The minimum atomic E-state index is -0.244. The summed E-state index contributed by atoms with van der Waals surface area (Å²) in [6.07, 6.45) is 3.39. The van der Waals surface area contributed by atoms with Crippen LogP contribution in [0.15, 0.2) is 29.2 Å². The molecule has 100 valence electrons. The van der Waals surface area contributed by atoms with Gasteiger partial charge >= 0.3 is 0 Å². The van der Waals surface area contributed by atoms with Crippen LogP contribution in [0.5, 0.6) is 5.75 Å². The Hall–Kier alpha value is -1.75. The van der Waals surface area contributed by atoms with Crippen molar-refractivity contribution < 1.29 is 14.7 Å². The summed E-state index contributed by atoms with van der Waals surface area (Å²) in [7, 11) is 0. The number of phenols is 1. The van der Waals surface area contributed by atoms with Crippen LogP contribution >= 0.6 is 11.8 Å². The van der Waals surface area contributed by atoms with Crippen molar-refractivity contribution >= 4 is 29.0 Å². The molecule has 1 heterocycles. The van der Waals surface area contributed by atoms with Crippen molar-refractivity contribution in [3.05, 3.63) is 34.7 Å². The van der Waals surface area contributed by atoms with Crippen LogP contribution in [0, 0.1) is 0 Å². The summed E-state index contributed by atoms with van der Waals surface area (Å²) in [6, 6.07) is 6.59. The molecule has 0 radical (unpaired) electrons. The maximum Gasteiger partial charge on any atom is 0.293 e. The van der Waals surface area contributed by atoms with E-state index < -0.39 is 0 Å². The van der Waals surface area contributed by atoms with Crippen molar-refractivity contribution in [2.45, 2.75) is 19.8 Å². The van der Waals surface area contributed by atoms with Gasteiger partial charge in [0.25, 0.3) is 11.1 Å². The number of rotatable bonds is 4. The van der Waals surface area contributed by atoms with E-state index in [9.17, 15) is 14.7 Å². The van der Waals surface area contributed by atoms with Gasteiger partial charge < -0.3 is 5.11 Å². The lowest BCUT2D eigenvalue weighted by molar-refractivity contribution is -0.122. The molecule has 2 rings (SSSR count).